The van der Waals surface area contributed by atoms with Crippen LogP contribution in [0.2, 0.25) is 0 Å². The van der Waals surface area contributed by atoms with E-state index in [4.69, 9.17) is 0 Å². The Kier molecular flexibility index (Phi) is 13.0. The molecule has 0 aliphatic carbocycles. The van der Waals surface area contributed by atoms with Crippen LogP contribution in [0.4, 0.5) is 34.1 Å². The van der Waals surface area contributed by atoms with Crippen molar-refractivity contribution >= 4 is 57.2 Å². The van der Waals surface area contributed by atoms with Crippen LogP contribution in [0.5, 0.6) is 0 Å². The molecule has 0 amide bonds. The highest BCUT2D eigenvalue weighted by Gasteiger charge is 2.46. The van der Waals surface area contributed by atoms with Gasteiger partial charge in [-0.2, -0.15) is 0 Å². The summed E-state index contributed by atoms with van der Waals surface area (Å²) in [7, 11) is 0. The van der Waals surface area contributed by atoms with Crippen LogP contribution in [0, 0.1) is 6.92 Å². The van der Waals surface area contributed by atoms with Gasteiger partial charge in [0.05, 0.1) is 11.4 Å². The van der Waals surface area contributed by atoms with Crippen molar-refractivity contribution in [3.63, 3.8) is 0 Å². The lowest BCUT2D eigenvalue weighted by Gasteiger charge is -2.47. The molecule has 0 atom stereocenters. The van der Waals surface area contributed by atoms with Crippen molar-refractivity contribution in [1.29, 1.82) is 0 Å². The Morgan fingerprint density at radius 2 is 0.585 bits per heavy atom. The van der Waals surface area contributed by atoms with E-state index in [1.54, 1.807) is 0 Å². The van der Waals surface area contributed by atoms with E-state index in [1.165, 1.54) is 140 Å². The van der Waals surface area contributed by atoms with Crippen LogP contribution in [0.15, 0.2) is 249 Å². The minimum Gasteiger partial charge on any atom is -0.310 e. The molecule has 11 aromatic carbocycles. The van der Waals surface area contributed by atoms with Crippen molar-refractivity contribution in [1.82, 2.24) is 0 Å². The van der Waals surface area contributed by atoms with E-state index in [0.717, 1.165) is 0 Å². The van der Waals surface area contributed by atoms with Crippen LogP contribution in [-0.4, -0.2) is 6.71 Å². The SMILES string of the molecule is Cc1cc2c(cc1-c1ccccc1)B1c3ccc(-c4ccccc4)cc3N(c3c(-c4ccccc4)cc(C(C)(C)C)cc3-c3ccccc3)c3cc(C(C)(C)C)cc(c31)N2c1c(-c2ccccc2)cc(C(C)(C)C)cc1-c1ccccc1. The van der Waals surface area contributed by atoms with E-state index in [0.29, 0.717) is 0 Å². The van der Waals surface area contributed by atoms with Gasteiger partial charge in [-0.3, -0.25) is 0 Å². The zero-order valence-electron chi connectivity index (χ0n) is 49.1. The topological polar surface area (TPSA) is 6.48 Å². The van der Waals surface area contributed by atoms with E-state index in [2.05, 4.69) is 328 Å². The van der Waals surface area contributed by atoms with Gasteiger partial charge < -0.3 is 9.80 Å². The largest absolute Gasteiger partial charge is 0.310 e. The number of aryl methyl sites for hydroxylation is 1. The van der Waals surface area contributed by atoms with Gasteiger partial charge in [-0.15, -0.1) is 0 Å². The fraction of sp³-hybridized carbons (Fsp3) is 0.165. The highest BCUT2D eigenvalue weighted by Crippen LogP contribution is 2.55. The van der Waals surface area contributed by atoms with E-state index in [-0.39, 0.29) is 23.0 Å². The zero-order valence-corrected chi connectivity index (χ0v) is 49.1. The standard InChI is InChI=1S/C79H71BN2/c1-52-43-70-69(51-63(52)54-31-19-12-20-32-54)80-68-42-41-59(53-29-17-11-18-30-53)44-71(68)82(76-66(57-37-25-15-26-38-57)47-61(78(5,6)7)48-67(76)58-39-27-16-28-40-58)73-50-62(79(8,9)10)49-72(74(73)80)81(70)75-64(55-33-21-13-22-34-55)45-60(77(2,3)4)46-65(75)56-35-23-14-24-36-56/h11-51H,1-10H3. The van der Waals surface area contributed by atoms with Crippen molar-refractivity contribution in [2.75, 3.05) is 9.80 Å². The maximum Gasteiger partial charge on any atom is 0.252 e. The number of rotatable bonds is 8. The van der Waals surface area contributed by atoms with Gasteiger partial charge >= 0.3 is 0 Å². The summed E-state index contributed by atoms with van der Waals surface area (Å²) in [6.45, 7) is 23.4. The first kappa shape index (κ1) is 52.5. The Hall–Kier alpha value is -8.92. The molecule has 2 heterocycles. The molecule has 0 bridgehead atoms. The Bertz CT molecular complexity index is 4060. The Labute approximate surface area is 487 Å². The average Bonchev–Trinajstić information content (AvgIpc) is 1.10. The predicted molar refractivity (Wildman–Crippen MR) is 354 cm³/mol. The summed E-state index contributed by atoms with van der Waals surface area (Å²) in [6.07, 6.45) is 0. The number of anilines is 6. The van der Waals surface area contributed by atoms with Gasteiger partial charge in [-0.05, 0) is 155 Å². The number of hydrogen-bond donors (Lipinski definition) is 0. The molecule has 0 radical (unpaired) electrons. The normalized spacial score (nSPS) is 12.9. The Balaban J connectivity index is 1.25. The third kappa shape index (κ3) is 9.27. The molecule has 0 spiro atoms. The summed E-state index contributed by atoms with van der Waals surface area (Å²) in [6, 6.07) is 94.1. The first-order valence-corrected chi connectivity index (χ1v) is 29.3. The third-order valence-electron chi connectivity index (χ3n) is 17.2. The maximum absolute atomic E-state index is 2.71. The Morgan fingerprint density at radius 1 is 0.268 bits per heavy atom. The van der Waals surface area contributed by atoms with Crippen LogP contribution in [-0.2, 0) is 16.2 Å². The van der Waals surface area contributed by atoms with E-state index < -0.39 is 0 Å². The van der Waals surface area contributed by atoms with Gasteiger partial charge in [0.15, 0.2) is 0 Å². The van der Waals surface area contributed by atoms with Crippen molar-refractivity contribution in [2.45, 2.75) is 85.5 Å². The molecule has 0 unspecified atom stereocenters. The molecule has 2 aliphatic rings. The quantitative estimate of drug-likeness (QED) is 0.140. The number of benzene rings is 11. The van der Waals surface area contributed by atoms with Crippen LogP contribution in [0.1, 0.15) is 84.6 Å². The molecule has 3 heteroatoms. The summed E-state index contributed by atoms with van der Waals surface area (Å²) in [4.78, 5) is 5.41. The van der Waals surface area contributed by atoms with Gasteiger partial charge in [0.25, 0.3) is 6.71 Å². The first-order chi connectivity index (χ1) is 39.5. The molecule has 0 N–H and O–H groups in total. The second kappa shape index (κ2) is 20.3. The Morgan fingerprint density at radius 3 is 0.939 bits per heavy atom. The van der Waals surface area contributed by atoms with Crippen LogP contribution >= 0.6 is 0 Å². The van der Waals surface area contributed by atoms with E-state index in [1.807, 2.05) is 0 Å². The van der Waals surface area contributed by atoms with Gasteiger partial charge in [0.2, 0.25) is 0 Å². The van der Waals surface area contributed by atoms with E-state index in [9.17, 15) is 0 Å². The lowest BCUT2D eigenvalue weighted by atomic mass is 9.33. The lowest BCUT2D eigenvalue weighted by Crippen LogP contribution is -2.61. The van der Waals surface area contributed by atoms with Crippen molar-refractivity contribution in [3.8, 4) is 66.8 Å². The lowest BCUT2D eigenvalue weighted by molar-refractivity contribution is 0.590. The molecule has 2 aliphatic heterocycles. The fourth-order valence-electron chi connectivity index (χ4n) is 12.8. The van der Waals surface area contributed by atoms with Crippen molar-refractivity contribution < 1.29 is 0 Å². The molecular weight excluding hydrogens is 988 g/mol. The van der Waals surface area contributed by atoms with Gasteiger partial charge in [-0.25, -0.2) is 0 Å². The fourth-order valence-corrected chi connectivity index (χ4v) is 12.8. The summed E-state index contributed by atoms with van der Waals surface area (Å²) < 4.78 is 0. The second-order valence-electron chi connectivity index (χ2n) is 25.8. The summed E-state index contributed by atoms with van der Waals surface area (Å²) in [5.41, 5.74) is 29.8. The first-order valence-electron chi connectivity index (χ1n) is 29.3. The highest BCUT2D eigenvalue weighted by atomic mass is 15.2. The molecule has 400 valence electrons. The van der Waals surface area contributed by atoms with Gasteiger partial charge in [-0.1, -0.05) is 263 Å². The number of hydrogen-bond acceptors (Lipinski definition) is 2. The molecule has 82 heavy (non-hydrogen) atoms. The van der Waals surface area contributed by atoms with E-state index >= 15 is 0 Å². The zero-order chi connectivity index (χ0) is 56.7. The smallest absolute Gasteiger partial charge is 0.252 e. The van der Waals surface area contributed by atoms with Crippen LogP contribution in [0.25, 0.3) is 66.8 Å². The minimum absolute atomic E-state index is 0.138. The third-order valence-corrected chi connectivity index (χ3v) is 17.2. The van der Waals surface area contributed by atoms with Crippen molar-refractivity contribution in [3.05, 3.63) is 271 Å². The predicted octanol–water partition coefficient (Wildman–Crippen LogP) is 20.0. The summed E-state index contributed by atoms with van der Waals surface area (Å²) >= 11 is 0. The van der Waals surface area contributed by atoms with Gasteiger partial charge in [0.1, 0.15) is 0 Å². The molecule has 2 nitrogen and oxygen atoms in total. The monoisotopic (exact) mass is 1060 g/mol. The van der Waals surface area contributed by atoms with Crippen LogP contribution in [0.3, 0.4) is 0 Å². The van der Waals surface area contributed by atoms with Crippen molar-refractivity contribution in [2.24, 2.45) is 0 Å². The maximum atomic E-state index is 2.71. The van der Waals surface area contributed by atoms with Gasteiger partial charge in [0, 0.05) is 45.0 Å². The molecular formula is C79H71BN2. The average molecular weight is 1060 g/mol. The molecule has 0 aromatic heterocycles. The summed E-state index contributed by atoms with van der Waals surface area (Å²) in [5, 5.41) is 0. The second-order valence-corrected chi connectivity index (χ2v) is 25.8. The minimum atomic E-state index is -0.251. The number of nitrogens with zero attached hydrogens (tertiary/aromatic N) is 2. The highest BCUT2D eigenvalue weighted by molar-refractivity contribution is 7.00. The molecule has 11 aromatic rings. The summed E-state index contributed by atoms with van der Waals surface area (Å²) in [5.74, 6) is 0. The molecule has 0 saturated heterocycles. The molecule has 0 fully saturated rings. The van der Waals surface area contributed by atoms with Crippen LogP contribution < -0.4 is 26.2 Å². The molecule has 0 saturated carbocycles. The molecule has 13 rings (SSSR count). The number of fused-ring (bicyclic) bond motifs is 4.